The Kier molecular flexibility index (Phi) is 7.14. The molecule has 0 aliphatic carbocycles. The fourth-order valence-corrected chi connectivity index (χ4v) is 2.58. The minimum absolute atomic E-state index is 0.0783. The van der Waals surface area contributed by atoms with Crippen LogP contribution in [0.1, 0.15) is 32.8 Å². The monoisotopic (exact) mass is 321 g/mol. The summed E-state index contributed by atoms with van der Waals surface area (Å²) in [5.74, 6) is 2.52. The van der Waals surface area contributed by atoms with E-state index in [2.05, 4.69) is 22.5 Å². The van der Waals surface area contributed by atoms with Gasteiger partial charge in [-0.05, 0) is 43.9 Å². The zero-order chi connectivity index (χ0) is 15.9. The maximum atomic E-state index is 12.9. The van der Waals surface area contributed by atoms with Gasteiger partial charge in [-0.1, -0.05) is 6.92 Å². The molecule has 1 aromatic rings. The number of anilines is 2. The van der Waals surface area contributed by atoms with Gasteiger partial charge in [-0.15, -0.1) is 0 Å². The van der Waals surface area contributed by atoms with Crippen LogP contribution in [0.3, 0.4) is 0 Å². The van der Waals surface area contributed by atoms with E-state index in [4.69, 9.17) is 0 Å². The molecule has 0 saturated carbocycles. The minimum atomic E-state index is -4.37. The lowest BCUT2D eigenvalue weighted by atomic mass is 10.2. The molecule has 1 rings (SSSR count). The van der Waals surface area contributed by atoms with E-state index >= 15 is 0 Å². The molecule has 0 spiro atoms. The van der Waals surface area contributed by atoms with Crippen LogP contribution in [0, 0.1) is 0 Å². The summed E-state index contributed by atoms with van der Waals surface area (Å²) in [6, 6.07) is 2.17. The molecule has 0 amide bonds. The Bertz CT molecular complexity index is 438. The van der Waals surface area contributed by atoms with Crippen molar-refractivity contribution in [1.29, 1.82) is 0 Å². The van der Waals surface area contributed by atoms with Crippen LogP contribution in [0.15, 0.2) is 12.1 Å². The zero-order valence-electron chi connectivity index (χ0n) is 12.5. The van der Waals surface area contributed by atoms with E-state index < -0.39 is 11.7 Å². The normalized spacial score (nSPS) is 13.0. The molecular formula is C14H22F3N3S. The first-order valence-corrected chi connectivity index (χ1v) is 8.19. The quantitative estimate of drug-likeness (QED) is 0.692. The van der Waals surface area contributed by atoms with Gasteiger partial charge in [0.25, 0.3) is 0 Å². The second-order valence-electron chi connectivity index (χ2n) is 4.69. The lowest BCUT2D eigenvalue weighted by Gasteiger charge is -2.17. The Morgan fingerprint density at radius 3 is 2.48 bits per heavy atom. The number of nitrogens with one attached hydrogen (secondary N) is 2. The summed E-state index contributed by atoms with van der Waals surface area (Å²) in [7, 11) is 0. The Balaban J connectivity index is 2.82. The lowest BCUT2D eigenvalue weighted by molar-refractivity contribution is -0.137. The van der Waals surface area contributed by atoms with Crippen molar-refractivity contribution in [3.63, 3.8) is 0 Å². The first-order valence-electron chi connectivity index (χ1n) is 7.04. The molecule has 0 bridgehead atoms. The number of nitrogens with zero attached hydrogens (tertiary/aromatic N) is 1. The van der Waals surface area contributed by atoms with Crippen LogP contribution in [0.2, 0.25) is 0 Å². The lowest BCUT2D eigenvalue weighted by Crippen LogP contribution is -2.18. The molecule has 0 aliphatic heterocycles. The summed E-state index contributed by atoms with van der Waals surface area (Å²) in [6.45, 7) is 6.38. The van der Waals surface area contributed by atoms with Gasteiger partial charge in [-0.25, -0.2) is 4.98 Å². The zero-order valence-corrected chi connectivity index (χ0v) is 13.4. The second kappa shape index (κ2) is 8.36. The van der Waals surface area contributed by atoms with Gasteiger partial charge in [0.1, 0.15) is 11.6 Å². The number of rotatable bonds is 8. The smallest absolute Gasteiger partial charge is 0.370 e. The van der Waals surface area contributed by atoms with E-state index in [9.17, 15) is 13.2 Å². The van der Waals surface area contributed by atoms with Crippen molar-refractivity contribution < 1.29 is 13.2 Å². The highest BCUT2D eigenvalue weighted by molar-refractivity contribution is 7.99. The van der Waals surface area contributed by atoms with Crippen LogP contribution in [0.4, 0.5) is 24.8 Å². The standard InChI is InChI=1S/C14H22F3N3S/c1-4-18-12-8-11(14(15,16)17)9-13(20-12)19-10(3)6-7-21-5-2/h8-10H,4-7H2,1-3H3,(H2,18,19,20). The number of alkyl halides is 3. The van der Waals surface area contributed by atoms with Crippen molar-refractivity contribution in [3.8, 4) is 0 Å². The highest BCUT2D eigenvalue weighted by atomic mass is 32.2. The van der Waals surface area contributed by atoms with Crippen molar-refractivity contribution in [1.82, 2.24) is 4.98 Å². The van der Waals surface area contributed by atoms with Crippen molar-refractivity contribution >= 4 is 23.4 Å². The van der Waals surface area contributed by atoms with Crippen LogP contribution in [0.25, 0.3) is 0 Å². The molecule has 120 valence electrons. The summed E-state index contributed by atoms with van der Waals surface area (Å²) >= 11 is 1.81. The maximum Gasteiger partial charge on any atom is 0.416 e. The van der Waals surface area contributed by atoms with Gasteiger partial charge in [0, 0.05) is 12.6 Å². The van der Waals surface area contributed by atoms with Crippen molar-refractivity contribution in [2.75, 3.05) is 28.7 Å². The summed E-state index contributed by atoms with van der Waals surface area (Å²) < 4.78 is 38.7. The fraction of sp³-hybridized carbons (Fsp3) is 0.643. The third kappa shape index (κ3) is 6.46. The Hall–Kier alpha value is -1.11. The Labute approximate surface area is 128 Å². The van der Waals surface area contributed by atoms with E-state index in [-0.39, 0.29) is 17.7 Å². The van der Waals surface area contributed by atoms with Crippen LogP contribution < -0.4 is 10.6 Å². The highest BCUT2D eigenvalue weighted by Crippen LogP contribution is 2.32. The van der Waals surface area contributed by atoms with Gasteiger partial charge >= 0.3 is 6.18 Å². The topological polar surface area (TPSA) is 37.0 Å². The molecule has 0 aliphatic rings. The van der Waals surface area contributed by atoms with E-state index in [1.807, 2.05) is 25.6 Å². The number of hydrogen-bond acceptors (Lipinski definition) is 4. The predicted octanol–water partition coefficient (Wildman–Crippen LogP) is 4.48. The SMILES string of the molecule is CCNc1cc(C(F)(F)F)cc(NC(C)CCSCC)n1. The number of aromatic nitrogens is 1. The molecule has 0 aromatic carbocycles. The number of hydrogen-bond donors (Lipinski definition) is 2. The number of thioether (sulfide) groups is 1. The van der Waals surface area contributed by atoms with Crippen molar-refractivity contribution in [2.24, 2.45) is 0 Å². The van der Waals surface area contributed by atoms with Gasteiger partial charge in [-0.2, -0.15) is 24.9 Å². The minimum Gasteiger partial charge on any atom is -0.370 e. The van der Waals surface area contributed by atoms with Crippen LogP contribution in [-0.2, 0) is 6.18 Å². The van der Waals surface area contributed by atoms with Crippen molar-refractivity contribution in [3.05, 3.63) is 17.7 Å². The second-order valence-corrected chi connectivity index (χ2v) is 6.08. The molecule has 2 N–H and O–H groups in total. The van der Waals surface area contributed by atoms with Crippen molar-refractivity contribution in [2.45, 2.75) is 39.4 Å². The molecule has 1 aromatic heterocycles. The molecular weight excluding hydrogens is 299 g/mol. The molecule has 21 heavy (non-hydrogen) atoms. The number of pyridine rings is 1. The molecule has 3 nitrogen and oxygen atoms in total. The fourth-order valence-electron chi connectivity index (χ4n) is 1.77. The van der Waals surface area contributed by atoms with Gasteiger partial charge in [0.15, 0.2) is 0 Å². The van der Waals surface area contributed by atoms with Gasteiger partial charge < -0.3 is 10.6 Å². The van der Waals surface area contributed by atoms with E-state index in [1.165, 1.54) is 0 Å². The molecule has 0 radical (unpaired) electrons. The van der Waals surface area contributed by atoms with Crippen LogP contribution >= 0.6 is 11.8 Å². The predicted molar refractivity (Wildman–Crippen MR) is 84.1 cm³/mol. The molecule has 1 heterocycles. The first-order chi connectivity index (χ1) is 9.86. The molecule has 7 heteroatoms. The summed E-state index contributed by atoms with van der Waals surface area (Å²) in [6.07, 6.45) is -3.49. The summed E-state index contributed by atoms with van der Waals surface area (Å²) in [5.41, 5.74) is -0.689. The van der Waals surface area contributed by atoms with Gasteiger partial charge in [-0.3, -0.25) is 0 Å². The third-order valence-corrected chi connectivity index (χ3v) is 3.74. The average Bonchev–Trinajstić information content (AvgIpc) is 2.38. The maximum absolute atomic E-state index is 12.9. The van der Waals surface area contributed by atoms with E-state index in [1.54, 1.807) is 0 Å². The van der Waals surface area contributed by atoms with Gasteiger partial charge in [0.05, 0.1) is 5.56 Å². The van der Waals surface area contributed by atoms with E-state index in [0.29, 0.717) is 6.54 Å². The average molecular weight is 321 g/mol. The number of halogens is 3. The van der Waals surface area contributed by atoms with Crippen LogP contribution in [-0.4, -0.2) is 29.1 Å². The summed E-state index contributed by atoms with van der Waals surface area (Å²) in [4.78, 5) is 4.18. The molecule has 0 saturated heterocycles. The molecule has 1 atom stereocenters. The van der Waals surface area contributed by atoms with Gasteiger partial charge in [0.2, 0.25) is 0 Å². The largest absolute Gasteiger partial charge is 0.416 e. The Morgan fingerprint density at radius 1 is 1.24 bits per heavy atom. The van der Waals surface area contributed by atoms with Crippen LogP contribution in [0.5, 0.6) is 0 Å². The third-order valence-electron chi connectivity index (χ3n) is 2.80. The summed E-state index contributed by atoms with van der Waals surface area (Å²) in [5, 5.41) is 5.88. The Morgan fingerprint density at radius 2 is 1.90 bits per heavy atom. The highest BCUT2D eigenvalue weighted by Gasteiger charge is 2.31. The van der Waals surface area contributed by atoms with E-state index in [0.717, 1.165) is 30.1 Å². The molecule has 1 unspecified atom stereocenters. The molecule has 0 fully saturated rings. The first kappa shape index (κ1) is 17.9.